The summed E-state index contributed by atoms with van der Waals surface area (Å²) in [6.07, 6.45) is 0.168. The van der Waals surface area contributed by atoms with Crippen molar-refractivity contribution >= 4 is 0 Å². The summed E-state index contributed by atoms with van der Waals surface area (Å²) in [5, 5.41) is 0. The van der Waals surface area contributed by atoms with Crippen LogP contribution in [0.5, 0.6) is 0 Å². The number of hydrogen-bond acceptors (Lipinski definition) is 1. The molecule has 0 unspecified atom stereocenters. The zero-order valence-electron chi connectivity index (χ0n) is 14.2. The van der Waals surface area contributed by atoms with Crippen LogP contribution >= 0.6 is 0 Å². The Morgan fingerprint density at radius 2 is 1.52 bits per heavy atom. The average molecular weight is 297 g/mol. The van der Waals surface area contributed by atoms with Gasteiger partial charge in [-0.1, -0.05) is 59.7 Å². The van der Waals surface area contributed by atoms with Gasteiger partial charge in [-0.3, -0.25) is 0 Å². The van der Waals surface area contributed by atoms with Gasteiger partial charge in [0.05, 0.1) is 6.54 Å². The fourth-order valence-corrected chi connectivity index (χ4v) is 2.74. The molecule has 0 atom stereocenters. The highest BCUT2D eigenvalue weighted by Gasteiger charge is 2.30. The number of halogens is 2. The van der Waals surface area contributed by atoms with Crippen molar-refractivity contribution in [2.75, 3.05) is 6.54 Å². The van der Waals surface area contributed by atoms with Crippen molar-refractivity contribution in [3.63, 3.8) is 0 Å². The van der Waals surface area contributed by atoms with Crippen LogP contribution in [-0.2, 0) is 17.3 Å². The Hall–Kier alpha value is -0.960. The van der Waals surface area contributed by atoms with Crippen LogP contribution in [0.4, 0.5) is 8.78 Å². The fourth-order valence-electron chi connectivity index (χ4n) is 2.74. The molecule has 0 aliphatic carbocycles. The monoisotopic (exact) mass is 297 g/mol. The van der Waals surface area contributed by atoms with Gasteiger partial charge in [0, 0.05) is 6.42 Å². The topological polar surface area (TPSA) is 26.0 Å². The Balaban J connectivity index is 3.27. The molecule has 3 heteroatoms. The molecule has 1 aromatic carbocycles. The number of rotatable bonds is 4. The molecule has 120 valence electrons. The van der Waals surface area contributed by atoms with E-state index in [9.17, 15) is 8.78 Å². The lowest BCUT2D eigenvalue weighted by molar-refractivity contribution is 0.00237. The van der Waals surface area contributed by atoms with Gasteiger partial charge in [-0.2, -0.15) is 0 Å². The Kier molecular flexibility index (Phi) is 5.20. The average Bonchev–Trinajstić information content (AvgIpc) is 2.34. The fraction of sp³-hybridized carbons (Fsp3) is 0.667. The Morgan fingerprint density at radius 3 is 1.95 bits per heavy atom. The molecule has 1 aromatic rings. The highest BCUT2D eigenvalue weighted by molar-refractivity contribution is 5.43. The Labute approximate surface area is 127 Å². The van der Waals surface area contributed by atoms with E-state index in [1.54, 1.807) is 0 Å². The summed E-state index contributed by atoms with van der Waals surface area (Å²) in [5.41, 5.74) is 8.52. The zero-order chi connectivity index (χ0) is 16.5. The molecule has 0 spiro atoms. The summed E-state index contributed by atoms with van der Waals surface area (Å²) in [6.45, 7) is 12.3. The maximum absolute atomic E-state index is 13.5. The minimum absolute atomic E-state index is 0.00495. The van der Waals surface area contributed by atoms with E-state index < -0.39 is 12.5 Å². The van der Waals surface area contributed by atoms with E-state index in [4.69, 9.17) is 5.73 Å². The third-order valence-electron chi connectivity index (χ3n) is 3.77. The van der Waals surface area contributed by atoms with Crippen molar-refractivity contribution < 1.29 is 8.78 Å². The van der Waals surface area contributed by atoms with Gasteiger partial charge in [-0.15, -0.1) is 0 Å². The van der Waals surface area contributed by atoms with E-state index in [0.717, 1.165) is 5.56 Å². The SMILES string of the molecule is CC(C)(C)c1cccc(CCC(F)(F)CN)c1C(C)(C)C. The lowest BCUT2D eigenvalue weighted by Gasteiger charge is -2.32. The molecular weight excluding hydrogens is 268 g/mol. The molecule has 2 N–H and O–H groups in total. The van der Waals surface area contributed by atoms with Crippen molar-refractivity contribution in [1.82, 2.24) is 0 Å². The predicted molar refractivity (Wildman–Crippen MR) is 86.2 cm³/mol. The van der Waals surface area contributed by atoms with Crippen LogP contribution in [0.15, 0.2) is 18.2 Å². The molecule has 0 fully saturated rings. The molecule has 1 rings (SSSR count). The molecule has 0 amide bonds. The molecule has 0 heterocycles. The first-order chi connectivity index (χ1) is 9.38. The van der Waals surface area contributed by atoms with E-state index in [1.165, 1.54) is 11.1 Å². The third kappa shape index (κ3) is 4.77. The van der Waals surface area contributed by atoms with Gasteiger partial charge in [0.15, 0.2) is 0 Å². The van der Waals surface area contributed by atoms with Crippen LogP contribution < -0.4 is 5.73 Å². The molecule has 0 saturated carbocycles. The summed E-state index contributed by atoms with van der Waals surface area (Å²) in [5.74, 6) is -2.78. The maximum Gasteiger partial charge on any atom is 0.260 e. The number of hydrogen-bond donors (Lipinski definition) is 1. The summed E-state index contributed by atoms with van der Waals surface area (Å²) in [6, 6.07) is 6.07. The molecule has 0 aliphatic rings. The lowest BCUT2D eigenvalue weighted by atomic mass is 9.72. The Bertz CT molecular complexity index is 479. The summed E-state index contributed by atoms with van der Waals surface area (Å²) in [7, 11) is 0. The highest BCUT2D eigenvalue weighted by Crippen LogP contribution is 2.37. The van der Waals surface area contributed by atoms with Crippen LogP contribution in [0.3, 0.4) is 0 Å². The number of nitrogens with two attached hydrogens (primary N) is 1. The molecule has 0 aromatic heterocycles. The van der Waals surface area contributed by atoms with E-state index in [0.29, 0.717) is 6.42 Å². The first-order valence-electron chi connectivity index (χ1n) is 7.59. The predicted octanol–water partition coefficient (Wildman–Crippen LogP) is 4.81. The first-order valence-corrected chi connectivity index (χ1v) is 7.59. The molecular formula is C18H29F2N. The number of aryl methyl sites for hydroxylation is 1. The van der Waals surface area contributed by atoms with Crippen molar-refractivity contribution in [1.29, 1.82) is 0 Å². The summed E-state index contributed by atoms with van der Waals surface area (Å²) in [4.78, 5) is 0. The van der Waals surface area contributed by atoms with E-state index in [1.807, 2.05) is 12.1 Å². The second-order valence-electron chi connectivity index (χ2n) is 7.90. The molecule has 1 nitrogen and oxygen atoms in total. The second kappa shape index (κ2) is 6.04. The second-order valence-corrected chi connectivity index (χ2v) is 7.90. The third-order valence-corrected chi connectivity index (χ3v) is 3.77. The van der Waals surface area contributed by atoms with E-state index >= 15 is 0 Å². The lowest BCUT2D eigenvalue weighted by Crippen LogP contribution is -2.29. The van der Waals surface area contributed by atoms with Gasteiger partial charge in [0.1, 0.15) is 0 Å². The standard InChI is InChI=1S/C18H29F2N/c1-16(2,3)14-9-7-8-13(15(14)17(4,5)6)10-11-18(19,20)12-21/h7-9H,10-12,21H2,1-6H3. The van der Waals surface area contributed by atoms with Crippen molar-refractivity contribution in [3.8, 4) is 0 Å². The molecule has 0 aliphatic heterocycles. The van der Waals surface area contributed by atoms with Crippen LogP contribution in [0.25, 0.3) is 0 Å². The van der Waals surface area contributed by atoms with Crippen molar-refractivity contribution in [2.24, 2.45) is 5.73 Å². The largest absolute Gasteiger partial charge is 0.325 e. The van der Waals surface area contributed by atoms with Crippen LogP contribution in [0.2, 0.25) is 0 Å². The maximum atomic E-state index is 13.5. The molecule has 21 heavy (non-hydrogen) atoms. The van der Waals surface area contributed by atoms with Crippen LogP contribution in [0.1, 0.15) is 64.7 Å². The Morgan fingerprint density at radius 1 is 0.952 bits per heavy atom. The normalized spacial score (nSPS) is 13.6. The minimum Gasteiger partial charge on any atom is -0.325 e. The van der Waals surface area contributed by atoms with Gasteiger partial charge in [-0.25, -0.2) is 8.78 Å². The molecule has 0 radical (unpaired) electrons. The number of alkyl halides is 2. The molecule has 0 bridgehead atoms. The van der Waals surface area contributed by atoms with E-state index in [-0.39, 0.29) is 17.3 Å². The van der Waals surface area contributed by atoms with Crippen molar-refractivity contribution in [3.05, 3.63) is 34.9 Å². The molecule has 0 saturated heterocycles. The van der Waals surface area contributed by atoms with Crippen LogP contribution in [-0.4, -0.2) is 12.5 Å². The summed E-state index contributed by atoms with van der Waals surface area (Å²) < 4.78 is 27.0. The smallest absolute Gasteiger partial charge is 0.260 e. The zero-order valence-corrected chi connectivity index (χ0v) is 14.2. The van der Waals surface area contributed by atoms with E-state index in [2.05, 4.69) is 47.6 Å². The van der Waals surface area contributed by atoms with Crippen LogP contribution in [0, 0.1) is 0 Å². The van der Waals surface area contributed by atoms with Gasteiger partial charge in [0.25, 0.3) is 5.92 Å². The van der Waals surface area contributed by atoms with Crippen molar-refractivity contribution in [2.45, 2.75) is 71.1 Å². The van der Waals surface area contributed by atoms with Gasteiger partial charge in [0.2, 0.25) is 0 Å². The minimum atomic E-state index is -2.78. The van der Waals surface area contributed by atoms with Gasteiger partial charge < -0.3 is 5.73 Å². The first kappa shape index (κ1) is 18.1. The van der Waals surface area contributed by atoms with Gasteiger partial charge in [-0.05, 0) is 33.9 Å². The van der Waals surface area contributed by atoms with Gasteiger partial charge >= 0.3 is 0 Å². The number of benzene rings is 1. The highest BCUT2D eigenvalue weighted by atomic mass is 19.3. The summed E-state index contributed by atoms with van der Waals surface area (Å²) >= 11 is 0. The quantitative estimate of drug-likeness (QED) is 0.848.